The van der Waals surface area contributed by atoms with Gasteiger partial charge in [-0.15, -0.1) is 0 Å². The Kier molecular flexibility index (Phi) is 3.80. The van der Waals surface area contributed by atoms with Crippen LogP contribution in [-0.4, -0.2) is 21.2 Å². The lowest BCUT2D eigenvalue weighted by Gasteiger charge is -2.11. The number of aromatic nitrogens is 2. The van der Waals surface area contributed by atoms with Gasteiger partial charge in [0.05, 0.1) is 23.7 Å². The van der Waals surface area contributed by atoms with E-state index in [2.05, 4.69) is 5.10 Å². The van der Waals surface area contributed by atoms with Gasteiger partial charge in [0.2, 0.25) is 0 Å². The Morgan fingerprint density at radius 2 is 1.91 bits per heavy atom. The third-order valence-corrected chi connectivity index (χ3v) is 3.40. The van der Waals surface area contributed by atoms with Gasteiger partial charge in [-0.3, -0.25) is 15.6 Å². The molecule has 0 bridgehead atoms. The van der Waals surface area contributed by atoms with Crippen molar-refractivity contribution in [2.45, 2.75) is 6.54 Å². The molecule has 1 aromatic heterocycles. The molecule has 23 heavy (non-hydrogen) atoms. The van der Waals surface area contributed by atoms with Gasteiger partial charge in [-0.05, 0) is 35.9 Å². The molecule has 0 saturated heterocycles. The van der Waals surface area contributed by atoms with E-state index in [1.807, 2.05) is 0 Å². The topological polar surface area (TPSA) is 82.6 Å². The fourth-order valence-corrected chi connectivity index (χ4v) is 2.23. The van der Waals surface area contributed by atoms with Crippen LogP contribution in [0.25, 0.3) is 11.3 Å². The molecule has 6 heteroatoms. The van der Waals surface area contributed by atoms with Crippen LogP contribution >= 0.6 is 0 Å². The summed E-state index contributed by atoms with van der Waals surface area (Å²) in [6.45, 7) is 0.189. The Balaban J connectivity index is 1.95. The predicted molar refractivity (Wildman–Crippen MR) is 86.6 cm³/mol. The zero-order valence-corrected chi connectivity index (χ0v) is 12.1. The van der Waals surface area contributed by atoms with Gasteiger partial charge in [0.15, 0.2) is 0 Å². The monoisotopic (exact) mass is 308 g/mol. The van der Waals surface area contributed by atoms with E-state index in [9.17, 15) is 9.18 Å². The van der Waals surface area contributed by atoms with Crippen LogP contribution in [0, 0.1) is 16.6 Å². The molecule has 5 nitrogen and oxygen atoms in total. The van der Waals surface area contributed by atoms with Gasteiger partial charge in [-0.25, -0.2) is 9.07 Å². The maximum atomic E-state index is 13.3. The van der Waals surface area contributed by atoms with E-state index in [0.717, 1.165) is 0 Å². The maximum Gasteiger partial charge on any atom is 0.267 e. The summed E-state index contributed by atoms with van der Waals surface area (Å²) < 4.78 is 14.6. The molecule has 0 spiro atoms. The van der Waals surface area contributed by atoms with Crippen molar-refractivity contribution in [2.24, 2.45) is 0 Å². The Bertz CT molecular complexity index is 924. The van der Waals surface area contributed by atoms with E-state index in [4.69, 9.17) is 10.8 Å². The van der Waals surface area contributed by atoms with Crippen molar-refractivity contribution in [2.75, 3.05) is 0 Å². The molecular weight excluding hydrogens is 295 g/mol. The number of hydrogen-bond acceptors (Lipinski definition) is 4. The zero-order chi connectivity index (χ0) is 16.4. The van der Waals surface area contributed by atoms with Crippen molar-refractivity contribution < 1.29 is 4.39 Å². The van der Waals surface area contributed by atoms with E-state index >= 15 is 0 Å². The third kappa shape index (κ3) is 3.21. The SMILES string of the molecule is N=C1C=CC(Cn2nc(-c3cccc(F)c3)ccc2=O)=CC1=N. The number of halogens is 1. The molecule has 0 unspecified atom stereocenters. The molecule has 114 valence electrons. The second-order valence-electron chi connectivity index (χ2n) is 5.10. The second kappa shape index (κ2) is 5.92. The van der Waals surface area contributed by atoms with Crippen molar-refractivity contribution in [3.8, 4) is 11.3 Å². The molecule has 3 rings (SSSR count). The number of nitrogens with zero attached hydrogens (tertiary/aromatic N) is 2. The number of benzene rings is 1. The quantitative estimate of drug-likeness (QED) is 0.854. The Morgan fingerprint density at radius 1 is 1.09 bits per heavy atom. The molecule has 1 aromatic carbocycles. The third-order valence-electron chi connectivity index (χ3n) is 3.40. The standard InChI is InChI=1S/C17H13FN4O/c18-13-3-1-2-12(9-13)16-6-7-17(23)22(21-16)10-11-4-5-14(19)15(20)8-11/h1-9,19-20H,10H2. The van der Waals surface area contributed by atoms with E-state index in [1.54, 1.807) is 24.3 Å². The molecule has 0 fully saturated rings. The molecule has 0 radical (unpaired) electrons. The van der Waals surface area contributed by atoms with Crippen LogP contribution in [0.5, 0.6) is 0 Å². The molecule has 1 aliphatic carbocycles. The Labute approximate surface area is 131 Å². The molecule has 0 atom stereocenters. The van der Waals surface area contributed by atoms with E-state index < -0.39 is 0 Å². The molecule has 1 aliphatic rings. The van der Waals surface area contributed by atoms with Crippen LogP contribution in [0.15, 0.2) is 65.0 Å². The molecular formula is C17H13FN4O. The van der Waals surface area contributed by atoms with Crippen molar-refractivity contribution in [1.29, 1.82) is 10.8 Å². The van der Waals surface area contributed by atoms with Crippen LogP contribution in [0.4, 0.5) is 4.39 Å². The average Bonchev–Trinajstić information content (AvgIpc) is 2.53. The molecule has 1 heterocycles. The van der Waals surface area contributed by atoms with Crippen molar-refractivity contribution in [3.05, 3.63) is 76.4 Å². The highest BCUT2D eigenvalue weighted by Crippen LogP contribution is 2.16. The summed E-state index contributed by atoms with van der Waals surface area (Å²) in [6.07, 6.45) is 4.73. The lowest BCUT2D eigenvalue weighted by Crippen LogP contribution is -2.24. The van der Waals surface area contributed by atoms with Gasteiger partial charge >= 0.3 is 0 Å². The second-order valence-corrected chi connectivity index (χ2v) is 5.10. The number of nitrogens with one attached hydrogen (secondary N) is 2. The summed E-state index contributed by atoms with van der Waals surface area (Å²) in [5.74, 6) is -0.369. The normalized spacial score (nSPS) is 14.0. The molecule has 2 aromatic rings. The summed E-state index contributed by atoms with van der Waals surface area (Å²) in [5.41, 5.74) is 1.72. The molecule has 0 saturated carbocycles. The first-order valence-corrected chi connectivity index (χ1v) is 6.93. The van der Waals surface area contributed by atoms with Gasteiger partial charge in [0.25, 0.3) is 5.56 Å². The highest BCUT2D eigenvalue weighted by Gasteiger charge is 2.10. The van der Waals surface area contributed by atoms with Crippen molar-refractivity contribution >= 4 is 11.4 Å². The fraction of sp³-hybridized carbons (Fsp3) is 0.0588. The van der Waals surface area contributed by atoms with Gasteiger partial charge in [-0.2, -0.15) is 5.10 Å². The number of rotatable bonds is 3. The minimum atomic E-state index is -0.369. The maximum absolute atomic E-state index is 13.3. The van der Waals surface area contributed by atoms with E-state index in [1.165, 1.54) is 35.0 Å². The van der Waals surface area contributed by atoms with Crippen LogP contribution < -0.4 is 5.56 Å². The smallest absolute Gasteiger partial charge is 0.267 e. The van der Waals surface area contributed by atoms with Gasteiger partial charge in [0, 0.05) is 11.6 Å². The number of hydrogen-bond donors (Lipinski definition) is 2. The zero-order valence-electron chi connectivity index (χ0n) is 12.1. The lowest BCUT2D eigenvalue weighted by atomic mass is 10.0. The molecule has 0 amide bonds. The summed E-state index contributed by atoms with van der Waals surface area (Å²) in [6, 6.07) is 8.94. The highest BCUT2D eigenvalue weighted by molar-refractivity contribution is 6.49. The van der Waals surface area contributed by atoms with Crippen molar-refractivity contribution in [3.63, 3.8) is 0 Å². The first-order valence-electron chi connectivity index (χ1n) is 6.93. The summed E-state index contributed by atoms with van der Waals surface area (Å²) in [5, 5.41) is 19.4. The van der Waals surface area contributed by atoms with E-state index in [-0.39, 0.29) is 29.3 Å². The Morgan fingerprint density at radius 3 is 2.65 bits per heavy atom. The van der Waals surface area contributed by atoms with Gasteiger partial charge < -0.3 is 0 Å². The first-order chi connectivity index (χ1) is 11.0. The van der Waals surface area contributed by atoms with Gasteiger partial charge in [-0.1, -0.05) is 18.2 Å². The van der Waals surface area contributed by atoms with E-state index in [0.29, 0.717) is 16.8 Å². The first kappa shape index (κ1) is 14.8. The van der Waals surface area contributed by atoms with Crippen LogP contribution in [0.2, 0.25) is 0 Å². The van der Waals surface area contributed by atoms with Gasteiger partial charge in [0.1, 0.15) is 5.82 Å². The summed E-state index contributed by atoms with van der Waals surface area (Å²) in [7, 11) is 0. The average molecular weight is 308 g/mol. The van der Waals surface area contributed by atoms with Crippen molar-refractivity contribution in [1.82, 2.24) is 9.78 Å². The van der Waals surface area contributed by atoms with Crippen LogP contribution in [0.3, 0.4) is 0 Å². The largest absolute Gasteiger partial charge is 0.299 e. The molecule has 2 N–H and O–H groups in total. The lowest BCUT2D eigenvalue weighted by molar-refractivity contribution is 0.626. The highest BCUT2D eigenvalue weighted by atomic mass is 19.1. The fourth-order valence-electron chi connectivity index (χ4n) is 2.23. The summed E-state index contributed by atoms with van der Waals surface area (Å²) in [4.78, 5) is 12.0. The van der Waals surface area contributed by atoms with Crippen LogP contribution in [0.1, 0.15) is 0 Å². The summed E-state index contributed by atoms with van der Waals surface area (Å²) >= 11 is 0. The molecule has 0 aliphatic heterocycles. The minimum absolute atomic E-state index is 0.0943. The number of allylic oxidation sites excluding steroid dienone is 4. The predicted octanol–water partition coefficient (Wildman–Crippen LogP) is 2.59. The minimum Gasteiger partial charge on any atom is -0.299 e. The van der Waals surface area contributed by atoms with Crippen LogP contribution in [-0.2, 0) is 6.54 Å². The Hall–Kier alpha value is -3.15.